The van der Waals surface area contributed by atoms with Crippen LogP contribution in [0.3, 0.4) is 0 Å². The molecule has 0 saturated carbocycles. The standard InChI is InChI=1S/C35H31N4O2.Pt/c1-34(2,3)20-16-24(37-30(17-20)39-26-11-8-7-10-21(26)22-19-36-15-14-27(22)39)25-18-23(35(4,5)6)33-32(38-25)31-28(40)12-9-13-29(31)41-33;/h7-13,15-19,40H,1-6H3;/q-1;. The number of aromatic nitrogens is 4. The van der Waals surface area contributed by atoms with E-state index in [9.17, 15) is 5.11 Å². The van der Waals surface area contributed by atoms with Crippen LogP contribution in [-0.2, 0) is 31.9 Å². The molecule has 0 saturated heterocycles. The van der Waals surface area contributed by atoms with E-state index in [1.54, 1.807) is 18.3 Å². The molecule has 214 valence electrons. The van der Waals surface area contributed by atoms with E-state index in [4.69, 9.17) is 14.4 Å². The molecule has 0 aliphatic heterocycles. The molecule has 0 radical (unpaired) electrons. The number of rotatable bonds is 2. The molecule has 0 spiro atoms. The molecule has 5 heterocycles. The Bertz CT molecular complexity index is 2090. The van der Waals surface area contributed by atoms with Crippen molar-refractivity contribution < 1.29 is 30.6 Å². The zero-order valence-electron chi connectivity index (χ0n) is 24.4. The van der Waals surface area contributed by atoms with Gasteiger partial charge in [-0.1, -0.05) is 77.4 Å². The summed E-state index contributed by atoms with van der Waals surface area (Å²) >= 11 is 0. The minimum absolute atomic E-state index is 0. The fourth-order valence-corrected chi connectivity index (χ4v) is 5.63. The molecule has 42 heavy (non-hydrogen) atoms. The fraction of sp³-hybridized carbons (Fsp3) is 0.229. The van der Waals surface area contributed by atoms with Crippen LogP contribution in [0, 0.1) is 6.07 Å². The second-order valence-corrected chi connectivity index (χ2v) is 12.8. The van der Waals surface area contributed by atoms with Gasteiger partial charge in [-0.2, -0.15) is 0 Å². The Morgan fingerprint density at radius 2 is 1.60 bits per heavy atom. The summed E-state index contributed by atoms with van der Waals surface area (Å²) in [7, 11) is 0. The molecule has 2 aromatic carbocycles. The van der Waals surface area contributed by atoms with Crippen molar-refractivity contribution in [2.24, 2.45) is 0 Å². The Morgan fingerprint density at radius 3 is 2.36 bits per heavy atom. The van der Waals surface area contributed by atoms with E-state index >= 15 is 0 Å². The number of benzene rings is 2. The largest absolute Gasteiger partial charge is 0.507 e. The number of aromatic hydroxyl groups is 1. The molecular weight excluding hydrogens is 703 g/mol. The van der Waals surface area contributed by atoms with Gasteiger partial charge in [0.25, 0.3) is 0 Å². The number of hydrogen-bond donors (Lipinski definition) is 1. The Morgan fingerprint density at radius 1 is 0.833 bits per heavy atom. The van der Waals surface area contributed by atoms with Crippen molar-refractivity contribution in [3.8, 4) is 23.0 Å². The molecule has 5 aromatic heterocycles. The van der Waals surface area contributed by atoms with Gasteiger partial charge in [-0.25, -0.2) is 16.0 Å². The number of hydrogen-bond acceptors (Lipinski definition) is 5. The van der Waals surface area contributed by atoms with Gasteiger partial charge in [0.15, 0.2) is 5.58 Å². The van der Waals surface area contributed by atoms with E-state index in [0.717, 1.165) is 50.1 Å². The third-order valence-corrected chi connectivity index (χ3v) is 7.80. The van der Waals surface area contributed by atoms with Crippen molar-refractivity contribution >= 4 is 43.9 Å². The van der Waals surface area contributed by atoms with Crippen LogP contribution in [0.2, 0.25) is 0 Å². The Balaban J connectivity index is 0.00000316. The summed E-state index contributed by atoms with van der Waals surface area (Å²) in [6.07, 6.45) is 3.59. The first-order valence-electron chi connectivity index (χ1n) is 13.8. The van der Waals surface area contributed by atoms with Crippen LogP contribution >= 0.6 is 0 Å². The maximum absolute atomic E-state index is 10.8. The number of phenols is 1. The maximum Gasteiger partial charge on any atom is 0.157 e. The predicted molar refractivity (Wildman–Crippen MR) is 165 cm³/mol. The van der Waals surface area contributed by atoms with Crippen LogP contribution in [0.4, 0.5) is 0 Å². The van der Waals surface area contributed by atoms with E-state index in [1.165, 1.54) is 0 Å². The summed E-state index contributed by atoms with van der Waals surface area (Å²) in [5.41, 5.74) is 7.16. The number of phenolic OH excluding ortho intramolecular Hbond substituents is 1. The molecule has 0 amide bonds. The van der Waals surface area contributed by atoms with Gasteiger partial charge < -0.3 is 19.1 Å². The van der Waals surface area contributed by atoms with Gasteiger partial charge in [-0.3, -0.25) is 0 Å². The number of pyridine rings is 3. The number of fused-ring (bicyclic) bond motifs is 6. The molecule has 0 bridgehead atoms. The molecule has 0 aliphatic carbocycles. The summed E-state index contributed by atoms with van der Waals surface area (Å²) in [5, 5.41) is 13.6. The van der Waals surface area contributed by atoms with Crippen LogP contribution in [0.5, 0.6) is 5.75 Å². The minimum atomic E-state index is -0.237. The van der Waals surface area contributed by atoms with Gasteiger partial charge in [0.2, 0.25) is 0 Å². The molecule has 7 heteroatoms. The van der Waals surface area contributed by atoms with Gasteiger partial charge in [-0.15, -0.1) is 10.9 Å². The summed E-state index contributed by atoms with van der Waals surface area (Å²) in [5.74, 6) is 0.942. The second kappa shape index (κ2) is 9.77. The van der Waals surface area contributed by atoms with Crippen molar-refractivity contribution in [1.82, 2.24) is 19.5 Å². The van der Waals surface area contributed by atoms with Gasteiger partial charge in [0.05, 0.1) is 16.8 Å². The summed E-state index contributed by atoms with van der Waals surface area (Å²) in [4.78, 5) is 14.7. The Hall–Kier alpha value is -4.02. The third kappa shape index (κ3) is 4.40. The van der Waals surface area contributed by atoms with E-state index in [2.05, 4.69) is 87.5 Å². The molecule has 0 atom stereocenters. The molecule has 7 rings (SSSR count). The van der Waals surface area contributed by atoms with Gasteiger partial charge in [-0.05, 0) is 59.0 Å². The number of para-hydroxylation sites is 1. The average molecular weight is 735 g/mol. The monoisotopic (exact) mass is 734 g/mol. The first-order valence-corrected chi connectivity index (χ1v) is 13.8. The van der Waals surface area contributed by atoms with Crippen LogP contribution < -0.4 is 0 Å². The first kappa shape index (κ1) is 28.1. The van der Waals surface area contributed by atoms with Crippen molar-refractivity contribution in [1.29, 1.82) is 0 Å². The SMILES string of the molecule is CC(C)(C)c1cc(-c2cc(C(C)(C)C)c3oc4cccc(O)c4c3n2)nc(-n2c3[c-]cncc3c3ccccc32)c1.[Pt]. The summed E-state index contributed by atoms with van der Waals surface area (Å²) in [6.45, 7) is 13.1. The molecule has 0 unspecified atom stereocenters. The predicted octanol–water partition coefficient (Wildman–Crippen LogP) is 8.63. The zero-order chi connectivity index (χ0) is 28.7. The van der Waals surface area contributed by atoms with Crippen molar-refractivity contribution in [3.63, 3.8) is 0 Å². The van der Waals surface area contributed by atoms with Crippen molar-refractivity contribution in [3.05, 3.63) is 90.3 Å². The molecule has 1 N–H and O–H groups in total. The topological polar surface area (TPSA) is 77.0 Å². The third-order valence-electron chi connectivity index (χ3n) is 7.80. The van der Waals surface area contributed by atoms with E-state index in [-0.39, 0.29) is 37.6 Å². The van der Waals surface area contributed by atoms with E-state index < -0.39 is 0 Å². The van der Waals surface area contributed by atoms with Crippen molar-refractivity contribution in [2.45, 2.75) is 52.4 Å². The summed E-state index contributed by atoms with van der Waals surface area (Å²) < 4.78 is 8.44. The average Bonchev–Trinajstić information content (AvgIpc) is 3.48. The van der Waals surface area contributed by atoms with Gasteiger partial charge in [0.1, 0.15) is 22.7 Å². The second-order valence-electron chi connectivity index (χ2n) is 12.8. The number of furan rings is 1. The zero-order valence-corrected chi connectivity index (χ0v) is 26.7. The van der Waals surface area contributed by atoms with Crippen LogP contribution in [0.15, 0.2) is 77.5 Å². The molecule has 0 fully saturated rings. The van der Waals surface area contributed by atoms with Crippen LogP contribution in [0.1, 0.15) is 52.7 Å². The summed E-state index contributed by atoms with van der Waals surface area (Å²) in [6, 6.07) is 23.4. The van der Waals surface area contributed by atoms with Crippen LogP contribution in [-0.4, -0.2) is 24.6 Å². The fourth-order valence-electron chi connectivity index (χ4n) is 5.63. The Kier molecular flexibility index (Phi) is 6.54. The van der Waals surface area contributed by atoms with E-state index in [1.807, 2.05) is 24.4 Å². The molecular formula is C35H31N4O2Pt-. The smallest absolute Gasteiger partial charge is 0.157 e. The minimum Gasteiger partial charge on any atom is -0.507 e. The molecule has 0 aliphatic rings. The van der Waals surface area contributed by atoms with Crippen molar-refractivity contribution in [2.75, 3.05) is 0 Å². The van der Waals surface area contributed by atoms with E-state index in [0.29, 0.717) is 22.1 Å². The molecule has 7 aromatic rings. The maximum atomic E-state index is 10.8. The normalized spacial score (nSPS) is 12.4. The number of nitrogens with zero attached hydrogens (tertiary/aromatic N) is 4. The first-order chi connectivity index (χ1) is 19.5. The Labute approximate surface area is 258 Å². The van der Waals surface area contributed by atoms with Crippen LogP contribution in [0.25, 0.3) is 61.1 Å². The quantitative estimate of drug-likeness (QED) is 0.180. The van der Waals surface area contributed by atoms with Gasteiger partial charge >= 0.3 is 0 Å². The van der Waals surface area contributed by atoms with Gasteiger partial charge in [0, 0.05) is 32.1 Å². The molecule has 6 nitrogen and oxygen atoms in total.